The second-order valence-corrected chi connectivity index (χ2v) is 5.57. The maximum absolute atomic E-state index is 13.8. The molecule has 1 aliphatic heterocycles. The number of rotatable bonds is 2. The number of hydroxylamine groups is 1. The zero-order valence-electron chi connectivity index (χ0n) is 10.0. The first-order chi connectivity index (χ1) is 7.94. The minimum absolute atomic E-state index is 0.0937. The fraction of sp³-hybridized carbons (Fsp3) is 0.500. The third kappa shape index (κ3) is 2.46. The van der Waals surface area contributed by atoms with Gasteiger partial charge in [-0.3, -0.25) is 0 Å². The van der Waals surface area contributed by atoms with Gasteiger partial charge in [0.25, 0.3) is 0 Å². The Morgan fingerprint density at radius 1 is 1.53 bits per heavy atom. The van der Waals surface area contributed by atoms with Gasteiger partial charge in [-0.1, -0.05) is 15.9 Å². The van der Waals surface area contributed by atoms with Gasteiger partial charge in [-0.15, -0.1) is 0 Å². The Kier molecular flexibility index (Phi) is 3.43. The zero-order chi connectivity index (χ0) is 12.6. The number of halogens is 2. The SMILES string of the molecule is CONC1CC(C)(C)Oc2c(F)ccc(Br)c21. The van der Waals surface area contributed by atoms with Crippen molar-refractivity contribution in [2.24, 2.45) is 0 Å². The number of fused-ring (bicyclic) bond motifs is 1. The van der Waals surface area contributed by atoms with Crippen molar-refractivity contribution in [1.82, 2.24) is 5.48 Å². The summed E-state index contributed by atoms with van der Waals surface area (Å²) in [4.78, 5) is 4.98. The second-order valence-electron chi connectivity index (χ2n) is 4.71. The van der Waals surface area contributed by atoms with Crippen LogP contribution >= 0.6 is 15.9 Å². The topological polar surface area (TPSA) is 30.5 Å². The number of nitrogens with one attached hydrogen (secondary N) is 1. The summed E-state index contributed by atoms with van der Waals surface area (Å²) in [5.74, 6) is -0.0518. The number of hydrogen-bond acceptors (Lipinski definition) is 3. The van der Waals surface area contributed by atoms with Crippen molar-refractivity contribution in [2.75, 3.05) is 7.11 Å². The largest absolute Gasteiger partial charge is 0.484 e. The van der Waals surface area contributed by atoms with Crippen molar-refractivity contribution in [3.63, 3.8) is 0 Å². The molecule has 0 fully saturated rings. The van der Waals surface area contributed by atoms with Crippen molar-refractivity contribution >= 4 is 15.9 Å². The minimum atomic E-state index is -0.426. The Morgan fingerprint density at radius 3 is 2.88 bits per heavy atom. The van der Waals surface area contributed by atoms with Crippen molar-refractivity contribution in [3.8, 4) is 5.75 Å². The molecule has 1 heterocycles. The molecule has 1 aliphatic rings. The van der Waals surface area contributed by atoms with Gasteiger partial charge in [0.05, 0.1) is 13.2 Å². The highest BCUT2D eigenvalue weighted by Gasteiger charge is 2.36. The smallest absolute Gasteiger partial charge is 0.165 e. The fourth-order valence-corrected chi connectivity index (χ4v) is 2.72. The second kappa shape index (κ2) is 4.55. The van der Waals surface area contributed by atoms with Crippen molar-refractivity contribution < 1.29 is 14.0 Å². The van der Waals surface area contributed by atoms with Gasteiger partial charge in [0.15, 0.2) is 11.6 Å². The molecule has 2 rings (SSSR count). The van der Waals surface area contributed by atoms with E-state index in [1.165, 1.54) is 6.07 Å². The van der Waals surface area contributed by atoms with E-state index in [2.05, 4.69) is 21.4 Å². The fourth-order valence-electron chi connectivity index (χ4n) is 2.13. The summed E-state index contributed by atoms with van der Waals surface area (Å²) in [6, 6.07) is 2.98. The molecule has 0 aromatic heterocycles. The number of ether oxygens (including phenoxy) is 1. The lowest BCUT2D eigenvalue weighted by Gasteiger charge is -2.38. The lowest BCUT2D eigenvalue weighted by Crippen LogP contribution is -2.39. The predicted molar refractivity (Wildman–Crippen MR) is 66.3 cm³/mol. The van der Waals surface area contributed by atoms with Crippen LogP contribution in [0.4, 0.5) is 4.39 Å². The van der Waals surface area contributed by atoms with Gasteiger partial charge in [-0.2, -0.15) is 5.48 Å². The molecule has 5 heteroatoms. The Balaban J connectivity index is 2.52. The summed E-state index contributed by atoms with van der Waals surface area (Å²) in [7, 11) is 1.55. The molecule has 17 heavy (non-hydrogen) atoms. The van der Waals surface area contributed by atoms with Crippen molar-refractivity contribution in [3.05, 3.63) is 28.0 Å². The van der Waals surface area contributed by atoms with E-state index in [1.807, 2.05) is 13.8 Å². The van der Waals surface area contributed by atoms with Crippen LogP contribution in [0.15, 0.2) is 16.6 Å². The highest BCUT2D eigenvalue weighted by atomic mass is 79.9. The van der Waals surface area contributed by atoms with E-state index in [1.54, 1.807) is 13.2 Å². The van der Waals surface area contributed by atoms with Gasteiger partial charge in [-0.05, 0) is 26.0 Å². The average molecular weight is 304 g/mol. The van der Waals surface area contributed by atoms with Crippen LogP contribution < -0.4 is 10.2 Å². The maximum Gasteiger partial charge on any atom is 0.165 e. The summed E-state index contributed by atoms with van der Waals surface area (Å²) in [6.45, 7) is 3.86. The van der Waals surface area contributed by atoms with Gasteiger partial charge < -0.3 is 9.57 Å². The average Bonchev–Trinajstić information content (AvgIpc) is 2.22. The monoisotopic (exact) mass is 303 g/mol. The molecular formula is C12H15BrFNO2. The van der Waals surface area contributed by atoms with Crippen LogP contribution in [-0.4, -0.2) is 12.7 Å². The highest BCUT2D eigenvalue weighted by Crippen LogP contribution is 2.44. The number of hydrogen-bond donors (Lipinski definition) is 1. The Bertz CT molecular complexity index is 437. The van der Waals surface area contributed by atoms with E-state index >= 15 is 0 Å². The summed E-state index contributed by atoms with van der Waals surface area (Å²) in [6.07, 6.45) is 0.704. The molecule has 0 spiro atoms. The van der Waals surface area contributed by atoms with Crippen LogP contribution in [0.3, 0.4) is 0 Å². The van der Waals surface area contributed by atoms with Crippen molar-refractivity contribution in [1.29, 1.82) is 0 Å². The van der Waals surface area contributed by atoms with Crippen LogP contribution in [0.25, 0.3) is 0 Å². The molecular weight excluding hydrogens is 289 g/mol. The first kappa shape index (κ1) is 12.8. The molecule has 1 N–H and O–H groups in total. The highest BCUT2D eigenvalue weighted by molar-refractivity contribution is 9.10. The molecule has 0 radical (unpaired) electrons. The van der Waals surface area contributed by atoms with Gasteiger partial charge in [0, 0.05) is 16.5 Å². The molecule has 0 saturated carbocycles. The first-order valence-corrected chi connectivity index (χ1v) is 6.19. The minimum Gasteiger partial charge on any atom is -0.484 e. The Morgan fingerprint density at radius 2 is 2.24 bits per heavy atom. The molecule has 3 nitrogen and oxygen atoms in total. The Hall–Kier alpha value is -0.650. The zero-order valence-corrected chi connectivity index (χ0v) is 11.6. The molecule has 1 atom stereocenters. The quantitative estimate of drug-likeness (QED) is 0.850. The van der Waals surface area contributed by atoms with Gasteiger partial charge in [0.2, 0.25) is 0 Å². The van der Waals surface area contributed by atoms with Gasteiger partial charge >= 0.3 is 0 Å². The summed E-state index contributed by atoms with van der Waals surface area (Å²) in [5.41, 5.74) is 3.23. The van der Waals surface area contributed by atoms with Crippen LogP contribution in [0.2, 0.25) is 0 Å². The van der Waals surface area contributed by atoms with Crippen LogP contribution in [-0.2, 0) is 4.84 Å². The standard InChI is InChI=1S/C12H15BrFNO2/c1-12(2)6-9(15-16-3)10-7(13)4-5-8(14)11(10)17-12/h4-5,9,15H,6H2,1-3H3. The molecule has 0 aliphatic carbocycles. The van der Waals surface area contributed by atoms with E-state index in [-0.39, 0.29) is 11.9 Å². The third-order valence-corrected chi connectivity index (χ3v) is 3.47. The first-order valence-electron chi connectivity index (χ1n) is 5.40. The molecule has 1 aromatic carbocycles. The van der Waals surface area contributed by atoms with Gasteiger partial charge in [0.1, 0.15) is 5.60 Å². The Labute approximate surface area is 108 Å². The van der Waals surface area contributed by atoms with E-state index < -0.39 is 5.60 Å². The molecule has 0 saturated heterocycles. The predicted octanol–water partition coefficient (Wildman–Crippen LogP) is 3.34. The third-order valence-electron chi connectivity index (χ3n) is 2.78. The summed E-state index contributed by atoms with van der Waals surface area (Å²) < 4.78 is 20.3. The summed E-state index contributed by atoms with van der Waals surface area (Å²) in [5, 5.41) is 0. The van der Waals surface area contributed by atoms with Crippen LogP contribution in [0, 0.1) is 5.82 Å². The molecule has 94 valence electrons. The van der Waals surface area contributed by atoms with Crippen molar-refractivity contribution in [2.45, 2.75) is 31.9 Å². The lowest BCUT2D eigenvalue weighted by atomic mass is 9.90. The molecule has 1 aromatic rings. The maximum atomic E-state index is 13.8. The lowest BCUT2D eigenvalue weighted by molar-refractivity contribution is 0.000405. The normalized spacial score (nSPS) is 21.8. The van der Waals surface area contributed by atoms with Gasteiger partial charge in [-0.25, -0.2) is 4.39 Å². The van der Waals surface area contributed by atoms with E-state index in [0.29, 0.717) is 12.2 Å². The molecule has 0 bridgehead atoms. The van der Waals surface area contributed by atoms with E-state index in [0.717, 1.165) is 10.0 Å². The molecule has 1 unspecified atom stereocenters. The van der Waals surface area contributed by atoms with Crippen LogP contribution in [0.5, 0.6) is 5.75 Å². The molecule has 0 amide bonds. The van der Waals surface area contributed by atoms with E-state index in [9.17, 15) is 4.39 Å². The van der Waals surface area contributed by atoms with E-state index in [4.69, 9.17) is 9.57 Å². The summed E-state index contributed by atoms with van der Waals surface area (Å²) >= 11 is 3.42. The van der Waals surface area contributed by atoms with Crippen LogP contribution in [0.1, 0.15) is 31.9 Å². The number of benzene rings is 1.